The van der Waals surface area contributed by atoms with E-state index in [9.17, 15) is 18.0 Å². The highest BCUT2D eigenvalue weighted by molar-refractivity contribution is 5.99. The molecule has 1 atom stereocenters. The van der Waals surface area contributed by atoms with Crippen LogP contribution in [0, 0.1) is 17.5 Å². The van der Waals surface area contributed by atoms with Gasteiger partial charge in [-0.1, -0.05) is 12.1 Å². The third-order valence-electron chi connectivity index (χ3n) is 5.70. The Morgan fingerprint density at radius 2 is 1.75 bits per heavy atom. The number of fused-ring (bicyclic) bond motifs is 2. The SMILES string of the molecule is COCc1nn2cc3c(nc2c1-c1ccc(F)cc1)CC(c1cc(F)cc(F)c1)CC3=O. The van der Waals surface area contributed by atoms with Gasteiger partial charge in [-0.2, -0.15) is 5.10 Å². The standard InChI is InChI=1S/C24H18F3N3O2/c1-32-12-21-23(13-2-4-16(25)5-3-13)24-28-20-8-15(14-6-17(26)10-18(27)7-14)9-22(31)19(20)11-30(24)29-21/h2-7,10-11,15H,8-9,12H2,1H3. The molecule has 0 fully saturated rings. The molecule has 2 heterocycles. The molecule has 1 aliphatic carbocycles. The first-order chi connectivity index (χ1) is 15.4. The molecule has 0 amide bonds. The number of carbonyl (C=O) groups excluding carboxylic acids is 1. The highest BCUT2D eigenvalue weighted by atomic mass is 19.1. The minimum absolute atomic E-state index is 0.125. The lowest BCUT2D eigenvalue weighted by molar-refractivity contribution is 0.0962. The van der Waals surface area contributed by atoms with Crippen LogP contribution in [0.15, 0.2) is 48.7 Å². The Balaban J connectivity index is 1.64. The molecule has 32 heavy (non-hydrogen) atoms. The quantitative estimate of drug-likeness (QED) is 0.457. The molecule has 0 N–H and O–H groups in total. The molecule has 0 bridgehead atoms. The molecule has 0 saturated heterocycles. The summed E-state index contributed by atoms with van der Waals surface area (Å²) in [5.74, 6) is -2.27. The Hall–Kier alpha value is -3.52. The molecule has 2 aromatic carbocycles. The molecule has 0 aliphatic heterocycles. The zero-order valence-corrected chi connectivity index (χ0v) is 17.1. The van der Waals surface area contributed by atoms with Crippen molar-refractivity contribution in [3.05, 3.63) is 88.6 Å². The van der Waals surface area contributed by atoms with Gasteiger partial charge in [-0.05, 0) is 47.7 Å². The Labute approximate surface area is 181 Å². The fraction of sp³-hybridized carbons (Fsp3) is 0.208. The van der Waals surface area contributed by atoms with E-state index < -0.39 is 11.6 Å². The second-order valence-corrected chi connectivity index (χ2v) is 7.86. The van der Waals surface area contributed by atoms with Crippen LogP contribution in [0.4, 0.5) is 13.2 Å². The third-order valence-corrected chi connectivity index (χ3v) is 5.70. The largest absolute Gasteiger partial charge is 0.378 e. The van der Waals surface area contributed by atoms with E-state index in [1.807, 2.05) is 0 Å². The van der Waals surface area contributed by atoms with E-state index in [1.165, 1.54) is 28.8 Å². The number of rotatable bonds is 4. The van der Waals surface area contributed by atoms with E-state index in [4.69, 9.17) is 9.72 Å². The minimum Gasteiger partial charge on any atom is -0.378 e. The van der Waals surface area contributed by atoms with Crippen LogP contribution >= 0.6 is 0 Å². The van der Waals surface area contributed by atoms with Crippen molar-refractivity contribution in [2.24, 2.45) is 0 Å². The second-order valence-electron chi connectivity index (χ2n) is 7.86. The van der Waals surface area contributed by atoms with E-state index in [0.717, 1.165) is 6.07 Å². The highest BCUT2D eigenvalue weighted by Crippen LogP contribution is 2.35. The summed E-state index contributed by atoms with van der Waals surface area (Å²) in [7, 11) is 1.54. The third kappa shape index (κ3) is 3.56. The summed E-state index contributed by atoms with van der Waals surface area (Å²) in [5.41, 5.74) is 3.90. The lowest BCUT2D eigenvalue weighted by atomic mass is 9.82. The van der Waals surface area contributed by atoms with Gasteiger partial charge < -0.3 is 4.74 Å². The Bertz CT molecular complexity index is 1330. The van der Waals surface area contributed by atoms with E-state index in [2.05, 4.69) is 5.10 Å². The highest BCUT2D eigenvalue weighted by Gasteiger charge is 2.30. The zero-order valence-electron chi connectivity index (χ0n) is 17.1. The molecule has 5 nitrogen and oxygen atoms in total. The smallest absolute Gasteiger partial charge is 0.166 e. The predicted octanol–water partition coefficient (Wildman–Crippen LogP) is 4.87. The van der Waals surface area contributed by atoms with E-state index in [-0.39, 0.29) is 30.5 Å². The fourth-order valence-electron chi connectivity index (χ4n) is 4.28. The second kappa shape index (κ2) is 7.87. The Morgan fingerprint density at radius 1 is 1.03 bits per heavy atom. The van der Waals surface area contributed by atoms with Crippen molar-refractivity contribution in [3.8, 4) is 11.1 Å². The molecule has 1 unspecified atom stereocenters. The van der Waals surface area contributed by atoms with Crippen LogP contribution < -0.4 is 0 Å². The average Bonchev–Trinajstić information content (AvgIpc) is 3.09. The van der Waals surface area contributed by atoms with Crippen LogP contribution in [-0.4, -0.2) is 27.5 Å². The number of carbonyl (C=O) groups is 1. The first kappa shape index (κ1) is 20.4. The summed E-state index contributed by atoms with van der Waals surface area (Å²) in [5, 5.41) is 4.53. The van der Waals surface area contributed by atoms with Crippen LogP contribution in [0.25, 0.3) is 16.8 Å². The number of ether oxygens (including phenoxy) is 1. The monoisotopic (exact) mass is 437 g/mol. The maximum atomic E-state index is 13.7. The topological polar surface area (TPSA) is 56.5 Å². The summed E-state index contributed by atoms with van der Waals surface area (Å²) in [6.07, 6.45) is 2.11. The Morgan fingerprint density at radius 3 is 2.44 bits per heavy atom. The first-order valence-corrected chi connectivity index (χ1v) is 10.1. The number of methoxy groups -OCH3 is 1. The van der Waals surface area contributed by atoms with Crippen LogP contribution in [0.3, 0.4) is 0 Å². The van der Waals surface area contributed by atoms with Crippen molar-refractivity contribution in [2.75, 3.05) is 7.11 Å². The molecule has 2 aromatic heterocycles. The lowest BCUT2D eigenvalue weighted by Gasteiger charge is -2.23. The number of hydrogen-bond acceptors (Lipinski definition) is 4. The maximum absolute atomic E-state index is 13.7. The average molecular weight is 437 g/mol. The van der Waals surface area contributed by atoms with Crippen molar-refractivity contribution in [1.82, 2.24) is 14.6 Å². The van der Waals surface area contributed by atoms with Crippen LogP contribution in [0.1, 0.15) is 39.6 Å². The van der Waals surface area contributed by atoms with Gasteiger partial charge >= 0.3 is 0 Å². The minimum atomic E-state index is -0.680. The van der Waals surface area contributed by atoms with Gasteiger partial charge in [0.25, 0.3) is 0 Å². The van der Waals surface area contributed by atoms with Crippen molar-refractivity contribution in [3.63, 3.8) is 0 Å². The molecule has 4 aromatic rings. The van der Waals surface area contributed by atoms with Crippen molar-refractivity contribution >= 4 is 11.4 Å². The number of hydrogen-bond donors (Lipinski definition) is 0. The van der Waals surface area contributed by atoms with Crippen LogP contribution in [-0.2, 0) is 17.8 Å². The number of nitrogens with zero attached hydrogens (tertiary/aromatic N) is 3. The van der Waals surface area contributed by atoms with Gasteiger partial charge in [0.1, 0.15) is 17.5 Å². The summed E-state index contributed by atoms with van der Waals surface area (Å²) >= 11 is 0. The molecular formula is C24H18F3N3O2. The number of Topliss-reactive ketones (excluding diaryl/α,β-unsaturated/α-hetero) is 1. The number of aromatic nitrogens is 3. The van der Waals surface area contributed by atoms with Gasteiger partial charge in [-0.15, -0.1) is 0 Å². The number of benzene rings is 2. The van der Waals surface area contributed by atoms with Gasteiger partial charge in [0, 0.05) is 25.8 Å². The van der Waals surface area contributed by atoms with Gasteiger partial charge in [0.2, 0.25) is 0 Å². The molecule has 8 heteroatoms. The van der Waals surface area contributed by atoms with E-state index in [0.29, 0.717) is 45.7 Å². The molecule has 5 rings (SSSR count). The summed E-state index contributed by atoms with van der Waals surface area (Å²) < 4.78 is 47.7. The van der Waals surface area contributed by atoms with Crippen molar-refractivity contribution < 1.29 is 22.7 Å². The summed E-state index contributed by atoms with van der Waals surface area (Å²) in [4.78, 5) is 17.6. The fourth-order valence-corrected chi connectivity index (χ4v) is 4.28. The van der Waals surface area contributed by atoms with Crippen molar-refractivity contribution in [2.45, 2.75) is 25.4 Å². The zero-order chi connectivity index (χ0) is 22.4. The number of ketones is 1. The van der Waals surface area contributed by atoms with Crippen LogP contribution in [0.2, 0.25) is 0 Å². The normalized spacial score (nSPS) is 15.9. The van der Waals surface area contributed by atoms with Gasteiger partial charge in [0.05, 0.1) is 29.1 Å². The van der Waals surface area contributed by atoms with E-state index >= 15 is 0 Å². The Kier molecular flexibility index (Phi) is 5.01. The molecule has 0 radical (unpaired) electrons. The molecule has 0 spiro atoms. The molecule has 162 valence electrons. The van der Waals surface area contributed by atoms with Gasteiger partial charge in [0.15, 0.2) is 11.4 Å². The van der Waals surface area contributed by atoms with E-state index in [1.54, 1.807) is 25.4 Å². The number of halogens is 3. The predicted molar refractivity (Wildman–Crippen MR) is 111 cm³/mol. The van der Waals surface area contributed by atoms with Gasteiger partial charge in [-0.25, -0.2) is 22.7 Å². The molecule has 1 aliphatic rings. The molecule has 0 saturated carbocycles. The lowest BCUT2D eigenvalue weighted by Crippen LogP contribution is -2.21. The van der Waals surface area contributed by atoms with Crippen molar-refractivity contribution in [1.29, 1.82) is 0 Å². The molecular weight excluding hydrogens is 419 g/mol. The first-order valence-electron chi connectivity index (χ1n) is 10.1. The van der Waals surface area contributed by atoms with Gasteiger partial charge in [-0.3, -0.25) is 4.79 Å². The summed E-state index contributed by atoms with van der Waals surface area (Å²) in [6, 6.07) is 9.29. The van der Waals surface area contributed by atoms with Crippen LogP contribution in [0.5, 0.6) is 0 Å². The summed E-state index contributed by atoms with van der Waals surface area (Å²) in [6.45, 7) is 0.208. The maximum Gasteiger partial charge on any atom is 0.166 e.